The van der Waals surface area contributed by atoms with Crippen molar-refractivity contribution in [3.8, 4) is 5.75 Å². The Morgan fingerprint density at radius 3 is 2.33 bits per heavy atom. The molecule has 0 aliphatic carbocycles. The van der Waals surface area contributed by atoms with Gasteiger partial charge in [0, 0.05) is 18.4 Å². The number of benzene rings is 2. The van der Waals surface area contributed by atoms with E-state index in [-0.39, 0.29) is 9.92 Å². The number of nitrogens with one attached hydrogen (secondary N) is 3. The maximum Gasteiger partial charge on any atom is 0.263 e. The molecule has 128 valence electrons. The van der Waals surface area contributed by atoms with Crippen molar-refractivity contribution in [2.24, 2.45) is 0 Å². The number of anilines is 2. The lowest BCUT2D eigenvalue weighted by atomic mass is 10.3. The van der Waals surface area contributed by atoms with Crippen LogP contribution in [0.2, 0.25) is 5.02 Å². The Kier molecular flexibility index (Phi) is 5.87. The second-order valence-corrected chi connectivity index (χ2v) is 7.15. The Balaban J connectivity index is 2.30. The van der Waals surface area contributed by atoms with Crippen molar-refractivity contribution in [3.63, 3.8) is 0 Å². The number of hydrogen-bond acceptors (Lipinski definition) is 4. The van der Waals surface area contributed by atoms with Crippen LogP contribution in [0.5, 0.6) is 5.75 Å². The first-order chi connectivity index (χ1) is 11.4. The van der Waals surface area contributed by atoms with E-state index < -0.39 is 10.0 Å². The van der Waals surface area contributed by atoms with Crippen molar-refractivity contribution in [2.45, 2.75) is 4.90 Å². The maximum atomic E-state index is 12.6. The van der Waals surface area contributed by atoms with Crippen LogP contribution in [0.15, 0.2) is 47.4 Å². The van der Waals surface area contributed by atoms with Crippen LogP contribution in [0.1, 0.15) is 0 Å². The van der Waals surface area contributed by atoms with E-state index in [0.717, 1.165) is 0 Å². The highest BCUT2D eigenvalue weighted by atomic mass is 35.5. The third-order valence-corrected chi connectivity index (χ3v) is 5.22. The third kappa shape index (κ3) is 4.50. The first-order valence-corrected chi connectivity index (χ1v) is 9.08. The molecule has 24 heavy (non-hydrogen) atoms. The number of ether oxygens (including phenoxy) is 1. The Morgan fingerprint density at radius 1 is 1.12 bits per heavy atom. The van der Waals surface area contributed by atoms with Crippen LogP contribution in [-0.4, -0.2) is 27.7 Å². The van der Waals surface area contributed by atoms with Crippen LogP contribution in [-0.2, 0) is 10.0 Å². The van der Waals surface area contributed by atoms with Gasteiger partial charge in [-0.05, 0) is 54.7 Å². The van der Waals surface area contributed by atoms with Gasteiger partial charge in [-0.3, -0.25) is 4.72 Å². The minimum Gasteiger partial charge on any atom is -0.497 e. The molecule has 0 bridgehead atoms. The van der Waals surface area contributed by atoms with Gasteiger partial charge in [0.1, 0.15) is 10.6 Å². The zero-order chi connectivity index (χ0) is 17.7. The molecule has 0 unspecified atom stereocenters. The molecule has 0 heterocycles. The molecule has 2 aromatic rings. The number of rotatable bonds is 5. The van der Waals surface area contributed by atoms with Gasteiger partial charge in [0.15, 0.2) is 5.11 Å². The number of hydrogen-bond donors (Lipinski definition) is 3. The number of methoxy groups -OCH3 is 1. The quantitative estimate of drug-likeness (QED) is 0.686. The van der Waals surface area contributed by atoms with Crippen molar-refractivity contribution >= 4 is 50.3 Å². The van der Waals surface area contributed by atoms with Crippen molar-refractivity contribution in [1.29, 1.82) is 0 Å². The first kappa shape index (κ1) is 18.3. The summed E-state index contributed by atoms with van der Waals surface area (Å²) in [6.07, 6.45) is 0. The Bertz CT molecular complexity index is 840. The molecule has 0 radical (unpaired) electrons. The van der Waals surface area contributed by atoms with Gasteiger partial charge in [-0.1, -0.05) is 11.6 Å². The highest BCUT2D eigenvalue weighted by Crippen LogP contribution is 2.27. The second-order valence-electron chi connectivity index (χ2n) is 4.68. The molecule has 0 fully saturated rings. The number of sulfonamides is 1. The van der Waals surface area contributed by atoms with Crippen LogP contribution in [0.4, 0.5) is 11.4 Å². The molecule has 6 nitrogen and oxygen atoms in total. The van der Waals surface area contributed by atoms with Gasteiger partial charge in [0.25, 0.3) is 10.0 Å². The van der Waals surface area contributed by atoms with E-state index in [4.69, 9.17) is 28.6 Å². The summed E-state index contributed by atoms with van der Waals surface area (Å²) in [5.41, 5.74) is 0.907. The fraction of sp³-hybridized carbons (Fsp3) is 0.133. The van der Waals surface area contributed by atoms with Crippen molar-refractivity contribution in [2.75, 3.05) is 24.2 Å². The van der Waals surface area contributed by atoms with E-state index in [9.17, 15) is 8.42 Å². The molecule has 9 heteroatoms. The summed E-state index contributed by atoms with van der Waals surface area (Å²) in [6, 6.07) is 11.1. The molecule has 0 aliphatic heterocycles. The molecule has 0 amide bonds. The van der Waals surface area contributed by atoms with Gasteiger partial charge in [0.05, 0.1) is 12.1 Å². The monoisotopic (exact) mass is 385 g/mol. The maximum absolute atomic E-state index is 12.6. The van der Waals surface area contributed by atoms with E-state index in [1.807, 2.05) is 0 Å². The van der Waals surface area contributed by atoms with Gasteiger partial charge < -0.3 is 15.4 Å². The van der Waals surface area contributed by atoms with Gasteiger partial charge in [-0.15, -0.1) is 0 Å². The SMILES string of the molecule is CNC(=S)Nc1ccc(Cl)c(S(=O)(=O)Nc2ccc(OC)cc2)c1. The minimum absolute atomic E-state index is 0.0520. The van der Waals surface area contributed by atoms with Crippen LogP contribution in [0.25, 0.3) is 0 Å². The van der Waals surface area contributed by atoms with Gasteiger partial charge in [-0.25, -0.2) is 8.42 Å². The summed E-state index contributed by atoms with van der Waals surface area (Å²) in [6.45, 7) is 0. The summed E-state index contributed by atoms with van der Waals surface area (Å²) in [7, 11) is -0.659. The lowest BCUT2D eigenvalue weighted by molar-refractivity contribution is 0.415. The smallest absolute Gasteiger partial charge is 0.263 e. The topological polar surface area (TPSA) is 79.5 Å². The van der Waals surface area contributed by atoms with Crippen LogP contribution < -0.4 is 20.1 Å². The van der Waals surface area contributed by atoms with E-state index in [1.54, 1.807) is 37.4 Å². The summed E-state index contributed by atoms with van der Waals surface area (Å²) in [4.78, 5) is -0.0520. The molecular weight excluding hydrogens is 370 g/mol. The fourth-order valence-electron chi connectivity index (χ4n) is 1.85. The van der Waals surface area contributed by atoms with Gasteiger partial charge >= 0.3 is 0 Å². The first-order valence-electron chi connectivity index (χ1n) is 6.81. The lowest BCUT2D eigenvalue weighted by Gasteiger charge is -2.13. The van der Waals surface area contributed by atoms with E-state index in [2.05, 4.69) is 15.4 Å². The van der Waals surface area contributed by atoms with Gasteiger partial charge in [0.2, 0.25) is 0 Å². The molecule has 3 N–H and O–H groups in total. The Morgan fingerprint density at radius 2 is 1.75 bits per heavy atom. The number of halogens is 1. The van der Waals surface area contributed by atoms with Crippen LogP contribution >= 0.6 is 23.8 Å². The second kappa shape index (κ2) is 7.69. The third-order valence-electron chi connectivity index (χ3n) is 3.05. The highest BCUT2D eigenvalue weighted by Gasteiger charge is 2.19. The Hall–Kier alpha value is -2.03. The van der Waals surface area contributed by atoms with Gasteiger partial charge in [-0.2, -0.15) is 0 Å². The molecule has 2 rings (SSSR count). The Labute approximate surface area is 151 Å². The summed E-state index contributed by atoms with van der Waals surface area (Å²) in [5, 5.41) is 6.08. The normalized spacial score (nSPS) is 10.8. The van der Waals surface area contributed by atoms with Crippen molar-refractivity contribution in [1.82, 2.24) is 5.32 Å². The number of thiocarbonyl (C=S) groups is 1. The zero-order valence-electron chi connectivity index (χ0n) is 13.0. The highest BCUT2D eigenvalue weighted by molar-refractivity contribution is 7.92. The average molecular weight is 386 g/mol. The van der Waals surface area contributed by atoms with Crippen LogP contribution in [0, 0.1) is 0 Å². The molecule has 0 atom stereocenters. The predicted molar refractivity (Wildman–Crippen MR) is 101 cm³/mol. The standard InChI is InChI=1S/C15H16ClN3O3S2/c1-17-15(23)18-11-5-8-13(16)14(9-11)24(20,21)19-10-3-6-12(22-2)7-4-10/h3-9,19H,1-2H3,(H2,17,18,23). The molecular formula is C15H16ClN3O3S2. The molecule has 0 spiro atoms. The molecule has 0 aromatic heterocycles. The largest absolute Gasteiger partial charge is 0.497 e. The van der Waals surface area contributed by atoms with Crippen LogP contribution in [0.3, 0.4) is 0 Å². The minimum atomic E-state index is -3.86. The summed E-state index contributed by atoms with van der Waals surface area (Å²) >= 11 is 11.1. The van der Waals surface area contributed by atoms with E-state index in [1.165, 1.54) is 19.2 Å². The molecule has 0 saturated heterocycles. The van der Waals surface area contributed by atoms with E-state index >= 15 is 0 Å². The predicted octanol–water partition coefficient (Wildman–Crippen LogP) is 3.07. The molecule has 0 aliphatic rings. The van der Waals surface area contributed by atoms with Crippen molar-refractivity contribution < 1.29 is 13.2 Å². The summed E-state index contributed by atoms with van der Waals surface area (Å²) < 4.78 is 32.7. The molecule has 0 saturated carbocycles. The summed E-state index contributed by atoms with van der Waals surface area (Å²) in [5.74, 6) is 0.628. The molecule has 2 aromatic carbocycles. The van der Waals surface area contributed by atoms with E-state index in [0.29, 0.717) is 22.2 Å². The van der Waals surface area contributed by atoms with Crippen molar-refractivity contribution in [3.05, 3.63) is 47.5 Å². The lowest BCUT2D eigenvalue weighted by Crippen LogP contribution is -2.24. The average Bonchev–Trinajstić information content (AvgIpc) is 2.56. The zero-order valence-corrected chi connectivity index (χ0v) is 15.3. The fourth-order valence-corrected chi connectivity index (χ4v) is 3.55.